The maximum absolute atomic E-state index is 11.2. The van der Waals surface area contributed by atoms with Crippen molar-refractivity contribution in [2.75, 3.05) is 0 Å². The molecule has 13 heavy (non-hydrogen) atoms. The van der Waals surface area contributed by atoms with Crippen molar-refractivity contribution in [3.63, 3.8) is 0 Å². The molecule has 0 spiro atoms. The molecule has 1 heterocycles. The fraction of sp³-hybridized carbons (Fsp3) is 0.909. The van der Waals surface area contributed by atoms with E-state index in [4.69, 9.17) is 4.74 Å². The molecule has 1 aliphatic rings. The van der Waals surface area contributed by atoms with Gasteiger partial charge in [0.25, 0.3) is 0 Å². The number of ether oxygens (including phenoxy) is 1. The molecule has 1 aliphatic heterocycles. The van der Waals surface area contributed by atoms with Crippen LogP contribution in [0.3, 0.4) is 0 Å². The lowest BCUT2D eigenvalue weighted by Crippen LogP contribution is -2.27. The number of hydrogen-bond acceptors (Lipinski definition) is 2. The predicted octanol–water partition coefficient (Wildman–Crippen LogP) is 2.91. The van der Waals surface area contributed by atoms with Crippen molar-refractivity contribution in [2.45, 2.75) is 59.0 Å². The quantitative estimate of drug-likeness (QED) is 0.628. The first kappa shape index (κ1) is 10.6. The normalized spacial score (nSPS) is 33.5. The molecule has 0 amide bonds. The average Bonchev–Trinajstić information content (AvgIpc) is 2.38. The van der Waals surface area contributed by atoms with Crippen molar-refractivity contribution >= 4 is 5.97 Å². The molecule has 0 aliphatic carbocycles. The molecule has 0 aromatic heterocycles. The Morgan fingerprint density at radius 3 is 2.62 bits per heavy atom. The molecule has 0 N–H and O–H groups in total. The van der Waals surface area contributed by atoms with Gasteiger partial charge >= 0.3 is 5.97 Å². The van der Waals surface area contributed by atoms with Crippen molar-refractivity contribution in [3.05, 3.63) is 0 Å². The van der Waals surface area contributed by atoms with Crippen LogP contribution in [-0.4, -0.2) is 12.1 Å². The van der Waals surface area contributed by atoms with E-state index in [9.17, 15) is 4.79 Å². The SMILES string of the molecule is CCCCC1(CC)CC(=O)OC1C. The first-order valence-corrected chi connectivity index (χ1v) is 5.34. The summed E-state index contributed by atoms with van der Waals surface area (Å²) in [6, 6.07) is 0. The summed E-state index contributed by atoms with van der Waals surface area (Å²) in [6.07, 6.45) is 5.34. The molecule has 0 bridgehead atoms. The number of carbonyl (C=O) groups is 1. The summed E-state index contributed by atoms with van der Waals surface area (Å²) >= 11 is 0. The third kappa shape index (κ3) is 2.04. The van der Waals surface area contributed by atoms with Gasteiger partial charge in [-0.05, 0) is 19.8 Å². The number of cyclic esters (lactones) is 1. The van der Waals surface area contributed by atoms with E-state index >= 15 is 0 Å². The van der Waals surface area contributed by atoms with E-state index < -0.39 is 0 Å². The molecular formula is C11H20O2. The van der Waals surface area contributed by atoms with Gasteiger partial charge in [-0.3, -0.25) is 4.79 Å². The molecule has 0 aromatic carbocycles. The zero-order valence-electron chi connectivity index (χ0n) is 8.93. The fourth-order valence-corrected chi connectivity index (χ4v) is 2.20. The highest BCUT2D eigenvalue weighted by molar-refractivity contribution is 5.73. The Hall–Kier alpha value is -0.530. The monoisotopic (exact) mass is 184 g/mol. The van der Waals surface area contributed by atoms with Crippen molar-refractivity contribution in [1.29, 1.82) is 0 Å². The third-order valence-electron chi connectivity index (χ3n) is 3.40. The lowest BCUT2D eigenvalue weighted by Gasteiger charge is -2.29. The van der Waals surface area contributed by atoms with E-state index in [1.54, 1.807) is 0 Å². The molecule has 2 heteroatoms. The molecule has 2 atom stereocenters. The smallest absolute Gasteiger partial charge is 0.306 e. The Balaban J connectivity index is 2.62. The Labute approximate surface area is 80.7 Å². The topological polar surface area (TPSA) is 26.3 Å². The van der Waals surface area contributed by atoms with Gasteiger partial charge in [-0.2, -0.15) is 0 Å². The highest BCUT2D eigenvalue weighted by atomic mass is 16.6. The minimum absolute atomic E-state index is 0.00884. The first-order valence-electron chi connectivity index (χ1n) is 5.34. The minimum Gasteiger partial charge on any atom is -0.462 e. The van der Waals surface area contributed by atoms with E-state index in [1.807, 2.05) is 6.92 Å². The molecule has 0 saturated carbocycles. The number of carbonyl (C=O) groups excluding carboxylic acids is 1. The zero-order valence-corrected chi connectivity index (χ0v) is 8.93. The van der Waals surface area contributed by atoms with Crippen LogP contribution in [0.15, 0.2) is 0 Å². The Morgan fingerprint density at radius 1 is 1.54 bits per heavy atom. The molecule has 2 unspecified atom stereocenters. The van der Waals surface area contributed by atoms with Gasteiger partial charge in [0.15, 0.2) is 0 Å². The van der Waals surface area contributed by atoms with Gasteiger partial charge in [-0.25, -0.2) is 0 Å². The molecular weight excluding hydrogens is 164 g/mol. The fourth-order valence-electron chi connectivity index (χ4n) is 2.20. The molecule has 0 aromatic rings. The van der Waals surface area contributed by atoms with Crippen LogP contribution in [0, 0.1) is 5.41 Å². The highest BCUT2D eigenvalue weighted by Gasteiger charge is 2.44. The van der Waals surface area contributed by atoms with Crippen LogP contribution >= 0.6 is 0 Å². The van der Waals surface area contributed by atoms with Crippen LogP contribution in [0.2, 0.25) is 0 Å². The van der Waals surface area contributed by atoms with Crippen molar-refractivity contribution in [2.24, 2.45) is 5.41 Å². The number of hydrogen-bond donors (Lipinski definition) is 0. The van der Waals surface area contributed by atoms with Crippen LogP contribution in [0.25, 0.3) is 0 Å². The molecule has 1 saturated heterocycles. The van der Waals surface area contributed by atoms with E-state index in [0.29, 0.717) is 6.42 Å². The summed E-state index contributed by atoms with van der Waals surface area (Å²) in [7, 11) is 0. The first-order chi connectivity index (χ1) is 6.14. The van der Waals surface area contributed by atoms with E-state index in [2.05, 4.69) is 13.8 Å². The van der Waals surface area contributed by atoms with Crippen molar-refractivity contribution < 1.29 is 9.53 Å². The van der Waals surface area contributed by atoms with Gasteiger partial charge in [0.2, 0.25) is 0 Å². The van der Waals surface area contributed by atoms with Gasteiger partial charge in [0.1, 0.15) is 6.10 Å². The van der Waals surface area contributed by atoms with E-state index in [0.717, 1.165) is 12.8 Å². The summed E-state index contributed by atoms with van der Waals surface area (Å²) in [5, 5.41) is 0. The second kappa shape index (κ2) is 4.12. The van der Waals surface area contributed by atoms with Crippen LogP contribution in [0.4, 0.5) is 0 Å². The van der Waals surface area contributed by atoms with Gasteiger partial charge in [-0.15, -0.1) is 0 Å². The number of rotatable bonds is 4. The largest absolute Gasteiger partial charge is 0.462 e. The van der Waals surface area contributed by atoms with Gasteiger partial charge in [-0.1, -0.05) is 26.7 Å². The summed E-state index contributed by atoms with van der Waals surface area (Å²) in [4.78, 5) is 11.2. The summed E-state index contributed by atoms with van der Waals surface area (Å²) in [5.41, 5.74) is 0.146. The molecule has 0 radical (unpaired) electrons. The number of unbranched alkanes of at least 4 members (excludes halogenated alkanes) is 1. The minimum atomic E-state index is -0.00884. The van der Waals surface area contributed by atoms with Crippen LogP contribution in [0.1, 0.15) is 52.9 Å². The van der Waals surface area contributed by atoms with E-state index in [1.165, 1.54) is 12.8 Å². The molecule has 1 fully saturated rings. The van der Waals surface area contributed by atoms with Crippen molar-refractivity contribution in [1.82, 2.24) is 0 Å². The lowest BCUT2D eigenvalue weighted by atomic mass is 9.75. The van der Waals surface area contributed by atoms with Crippen LogP contribution in [-0.2, 0) is 9.53 Å². The van der Waals surface area contributed by atoms with Crippen molar-refractivity contribution in [3.8, 4) is 0 Å². The Bertz CT molecular complexity index is 189. The number of esters is 1. The second-order valence-electron chi connectivity index (χ2n) is 4.13. The maximum Gasteiger partial charge on any atom is 0.306 e. The van der Waals surface area contributed by atoms with Crippen LogP contribution in [0.5, 0.6) is 0 Å². The Kier molecular flexibility index (Phi) is 3.34. The third-order valence-corrected chi connectivity index (χ3v) is 3.40. The second-order valence-corrected chi connectivity index (χ2v) is 4.13. The lowest BCUT2D eigenvalue weighted by molar-refractivity contribution is -0.141. The average molecular weight is 184 g/mol. The van der Waals surface area contributed by atoms with Gasteiger partial charge in [0, 0.05) is 5.41 Å². The summed E-state index contributed by atoms with van der Waals surface area (Å²) in [6.45, 7) is 6.38. The van der Waals surface area contributed by atoms with Gasteiger partial charge < -0.3 is 4.74 Å². The highest BCUT2D eigenvalue weighted by Crippen LogP contribution is 2.42. The maximum atomic E-state index is 11.2. The van der Waals surface area contributed by atoms with Gasteiger partial charge in [0.05, 0.1) is 6.42 Å². The molecule has 2 nitrogen and oxygen atoms in total. The zero-order chi connectivity index (χ0) is 9.90. The Morgan fingerprint density at radius 2 is 2.23 bits per heavy atom. The van der Waals surface area contributed by atoms with Crippen LogP contribution < -0.4 is 0 Å². The van der Waals surface area contributed by atoms with E-state index in [-0.39, 0.29) is 17.5 Å². The summed E-state index contributed by atoms with van der Waals surface area (Å²) in [5.74, 6) is -0.00884. The summed E-state index contributed by atoms with van der Waals surface area (Å²) < 4.78 is 5.23. The standard InChI is InChI=1S/C11H20O2/c1-4-6-7-11(5-2)8-10(12)13-9(11)3/h9H,4-8H2,1-3H3. The predicted molar refractivity (Wildman–Crippen MR) is 52.4 cm³/mol. The molecule has 76 valence electrons. The molecule has 1 rings (SSSR count).